The molecule has 2 amide bonds. The van der Waals surface area contributed by atoms with Gasteiger partial charge >= 0.3 is 6.03 Å². The maximum atomic E-state index is 12.2. The molecule has 0 saturated heterocycles. The number of amides is 2. The minimum absolute atomic E-state index is 0.145. The predicted octanol–water partition coefficient (Wildman–Crippen LogP) is 3.68. The van der Waals surface area contributed by atoms with Gasteiger partial charge in [-0.1, -0.05) is 30.3 Å². The SMILES string of the molecule is Cc1ccccc1NC(=O)Nc1cnn(C[C@H]2COc3ccccc3O2)c1. The first-order valence-corrected chi connectivity index (χ1v) is 8.72. The Hall–Kier alpha value is -3.48. The lowest BCUT2D eigenvalue weighted by molar-refractivity contribution is 0.0759. The molecule has 138 valence electrons. The normalized spacial score (nSPS) is 15.2. The number of hydrogen-bond donors (Lipinski definition) is 2. The Morgan fingerprint density at radius 1 is 1.15 bits per heavy atom. The molecule has 2 aromatic carbocycles. The molecule has 7 heteroatoms. The van der Waals surface area contributed by atoms with E-state index in [2.05, 4.69) is 15.7 Å². The standard InChI is InChI=1S/C20H20N4O3/c1-14-6-2-3-7-17(14)23-20(25)22-15-10-21-24(11-15)12-16-13-26-18-8-4-5-9-19(18)27-16/h2-11,16H,12-13H2,1H3,(H2,22,23,25)/t16-/m0/s1. The summed E-state index contributed by atoms with van der Waals surface area (Å²) in [6.07, 6.45) is 3.23. The minimum Gasteiger partial charge on any atom is -0.486 e. The third-order valence-corrected chi connectivity index (χ3v) is 4.24. The van der Waals surface area contributed by atoms with Gasteiger partial charge in [-0.05, 0) is 30.7 Å². The molecule has 1 aliphatic heterocycles. The molecule has 0 radical (unpaired) electrons. The number of para-hydroxylation sites is 3. The molecule has 2 heterocycles. The first-order chi connectivity index (χ1) is 13.2. The highest BCUT2D eigenvalue weighted by Gasteiger charge is 2.21. The van der Waals surface area contributed by atoms with Crippen LogP contribution in [0, 0.1) is 6.92 Å². The summed E-state index contributed by atoms with van der Waals surface area (Å²) in [5.74, 6) is 1.49. The Balaban J connectivity index is 1.34. The summed E-state index contributed by atoms with van der Waals surface area (Å²) in [5.41, 5.74) is 2.38. The van der Waals surface area contributed by atoms with Crippen molar-refractivity contribution in [2.24, 2.45) is 0 Å². The van der Waals surface area contributed by atoms with Crippen molar-refractivity contribution in [3.05, 3.63) is 66.5 Å². The second kappa shape index (κ2) is 7.41. The Morgan fingerprint density at radius 3 is 2.78 bits per heavy atom. The first-order valence-electron chi connectivity index (χ1n) is 8.72. The number of nitrogens with one attached hydrogen (secondary N) is 2. The van der Waals surface area contributed by atoms with E-state index in [1.807, 2.05) is 55.5 Å². The van der Waals surface area contributed by atoms with E-state index in [0.29, 0.717) is 18.8 Å². The molecule has 0 bridgehead atoms. The van der Waals surface area contributed by atoms with Crippen LogP contribution in [0.2, 0.25) is 0 Å². The van der Waals surface area contributed by atoms with Crippen molar-refractivity contribution in [2.75, 3.05) is 17.2 Å². The molecule has 0 fully saturated rings. The average molecular weight is 364 g/mol. The van der Waals surface area contributed by atoms with Gasteiger partial charge in [-0.15, -0.1) is 0 Å². The van der Waals surface area contributed by atoms with Gasteiger partial charge in [0.2, 0.25) is 0 Å². The largest absolute Gasteiger partial charge is 0.486 e. The van der Waals surface area contributed by atoms with Crippen LogP contribution >= 0.6 is 0 Å². The van der Waals surface area contributed by atoms with Crippen LogP contribution in [0.3, 0.4) is 0 Å². The van der Waals surface area contributed by atoms with Gasteiger partial charge < -0.3 is 20.1 Å². The molecule has 27 heavy (non-hydrogen) atoms. The highest BCUT2D eigenvalue weighted by Crippen LogP contribution is 2.31. The maximum absolute atomic E-state index is 12.2. The van der Waals surface area contributed by atoms with Crippen LogP contribution in [0.1, 0.15) is 5.56 Å². The summed E-state index contributed by atoms with van der Waals surface area (Å²) < 4.78 is 13.4. The van der Waals surface area contributed by atoms with Crippen molar-refractivity contribution in [1.82, 2.24) is 9.78 Å². The van der Waals surface area contributed by atoms with Crippen molar-refractivity contribution in [1.29, 1.82) is 0 Å². The van der Waals surface area contributed by atoms with Crippen LogP contribution in [0.25, 0.3) is 0 Å². The van der Waals surface area contributed by atoms with E-state index in [1.54, 1.807) is 17.1 Å². The van der Waals surface area contributed by atoms with E-state index < -0.39 is 0 Å². The predicted molar refractivity (Wildman–Crippen MR) is 102 cm³/mol. The van der Waals surface area contributed by atoms with Crippen LogP contribution in [-0.2, 0) is 6.54 Å². The van der Waals surface area contributed by atoms with Crippen molar-refractivity contribution in [2.45, 2.75) is 19.6 Å². The summed E-state index contributed by atoms with van der Waals surface area (Å²) in [6, 6.07) is 14.9. The zero-order valence-corrected chi connectivity index (χ0v) is 14.9. The van der Waals surface area contributed by atoms with Gasteiger partial charge in [-0.25, -0.2) is 4.79 Å². The fourth-order valence-electron chi connectivity index (χ4n) is 2.89. The highest BCUT2D eigenvalue weighted by atomic mass is 16.6. The third kappa shape index (κ3) is 4.03. The molecule has 3 aromatic rings. The maximum Gasteiger partial charge on any atom is 0.323 e. The molecule has 0 aliphatic carbocycles. The third-order valence-electron chi connectivity index (χ3n) is 4.24. The number of fused-ring (bicyclic) bond motifs is 1. The van der Waals surface area contributed by atoms with E-state index in [1.165, 1.54) is 0 Å². The number of aryl methyl sites for hydroxylation is 1. The lowest BCUT2D eigenvalue weighted by Gasteiger charge is -2.26. The smallest absolute Gasteiger partial charge is 0.323 e. The van der Waals surface area contributed by atoms with E-state index in [-0.39, 0.29) is 12.1 Å². The van der Waals surface area contributed by atoms with Crippen LogP contribution in [0.4, 0.5) is 16.2 Å². The fourth-order valence-corrected chi connectivity index (χ4v) is 2.89. The number of hydrogen-bond acceptors (Lipinski definition) is 4. The van der Waals surface area contributed by atoms with Crippen LogP contribution in [0.5, 0.6) is 11.5 Å². The molecule has 1 aliphatic rings. The number of rotatable bonds is 4. The number of benzene rings is 2. The Kier molecular flexibility index (Phi) is 4.65. The topological polar surface area (TPSA) is 77.4 Å². The molecule has 2 N–H and O–H groups in total. The van der Waals surface area contributed by atoms with Gasteiger partial charge in [0.25, 0.3) is 0 Å². The van der Waals surface area contributed by atoms with Gasteiger partial charge in [0.05, 0.1) is 18.4 Å². The molecule has 7 nitrogen and oxygen atoms in total. The van der Waals surface area contributed by atoms with Gasteiger partial charge in [0.15, 0.2) is 17.6 Å². The summed E-state index contributed by atoms with van der Waals surface area (Å²) in [6.45, 7) is 2.92. The van der Waals surface area contributed by atoms with Crippen LogP contribution < -0.4 is 20.1 Å². The van der Waals surface area contributed by atoms with Crippen LogP contribution in [-0.4, -0.2) is 28.5 Å². The van der Waals surface area contributed by atoms with E-state index in [4.69, 9.17) is 9.47 Å². The number of carbonyl (C=O) groups excluding carboxylic acids is 1. The molecule has 0 saturated carbocycles. The second-order valence-electron chi connectivity index (χ2n) is 6.34. The zero-order valence-electron chi connectivity index (χ0n) is 14.9. The summed E-state index contributed by atoms with van der Waals surface area (Å²) >= 11 is 0. The van der Waals surface area contributed by atoms with Gasteiger partial charge in [-0.3, -0.25) is 4.68 Å². The second-order valence-corrected chi connectivity index (χ2v) is 6.34. The van der Waals surface area contributed by atoms with E-state index in [9.17, 15) is 4.79 Å². The van der Waals surface area contributed by atoms with E-state index >= 15 is 0 Å². The van der Waals surface area contributed by atoms with Gasteiger partial charge in [0, 0.05) is 11.9 Å². The Labute approximate surface area is 156 Å². The molecule has 1 aromatic heterocycles. The number of aromatic nitrogens is 2. The van der Waals surface area contributed by atoms with Crippen molar-refractivity contribution >= 4 is 17.4 Å². The quantitative estimate of drug-likeness (QED) is 0.740. The summed E-state index contributed by atoms with van der Waals surface area (Å²) in [5, 5.41) is 9.90. The molecule has 4 rings (SSSR count). The van der Waals surface area contributed by atoms with Gasteiger partial charge in [0.1, 0.15) is 6.61 Å². The lowest BCUT2D eigenvalue weighted by atomic mass is 10.2. The molecule has 0 unspecified atom stereocenters. The molecule has 0 spiro atoms. The average Bonchev–Trinajstić information content (AvgIpc) is 3.10. The van der Waals surface area contributed by atoms with E-state index in [0.717, 1.165) is 22.7 Å². The minimum atomic E-state index is -0.310. The first kappa shape index (κ1) is 17.0. The van der Waals surface area contributed by atoms with Crippen molar-refractivity contribution in [3.63, 3.8) is 0 Å². The summed E-state index contributed by atoms with van der Waals surface area (Å²) in [7, 11) is 0. The number of urea groups is 1. The zero-order chi connectivity index (χ0) is 18.6. The van der Waals surface area contributed by atoms with Crippen LogP contribution in [0.15, 0.2) is 60.9 Å². The number of ether oxygens (including phenoxy) is 2. The Morgan fingerprint density at radius 2 is 1.93 bits per heavy atom. The molecular formula is C20H20N4O3. The van der Waals surface area contributed by atoms with Gasteiger partial charge in [-0.2, -0.15) is 5.10 Å². The molecule has 1 atom stereocenters. The van der Waals surface area contributed by atoms with Crippen molar-refractivity contribution in [3.8, 4) is 11.5 Å². The molecular weight excluding hydrogens is 344 g/mol. The number of carbonyl (C=O) groups is 1. The highest BCUT2D eigenvalue weighted by molar-refractivity contribution is 6.00. The van der Waals surface area contributed by atoms with Crippen molar-refractivity contribution < 1.29 is 14.3 Å². The fraction of sp³-hybridized carbons (Fsp3) is 0.200. The summed E-state index contributed by atoms with van der Waals surface area (Å²) in [4.78, 5) is 12.2. The lowest BCUT2D eigenvalue weighted by Crippen LogP contribution is -2.33. The number of nitrogens with zero attached hydrogens (tertiary/aromatic N) is 2. The number of anilines is 2. The monoisotopic (exact) mass is 364 g/mol. The Bertz CT molecular complexity index is 954.